The molecular formula is C10H15IO2. The molecule has 0 aliphatic rings. The Bertz CT molecular complexity index is 185. The van der Waals surface area contributed by atoms with Gasteiger partial charge in [0.2, 0.25) is 0 Å². The highest BCUT2D eigenvalue weighted by Gasteiger charge is 1.86. The molecule has 0 radical (unpaired) electrons. The van der Waals surface area contributed by atoms with Crippen molar-refractivity contribution in [1.29, 1.82) is 0 Å². The minimum atomic E-state index is -0.308. The number of rotatable bonds is 6. The number of halogens is 1. The van der Waals surface area contributed by atoms with Gasteiger partial charge in [0.15, 0.2) is 0 Å². The molecule has 0 fully saturated rings. The van der Waals surface area contributed by atoms with E-state index in [-0.39, 0.29) is 5.97 Å². The first-order valence-corrected chi connectivity index (χ1v) is 5.81. The Morgan fingerprint density at radius 2 is 2.15 bits per heavy atom. The molecule has 3 heteroatoms. The summed E-state index contributed by atoms with van der Waals surface area (Å²) in [6.07, 6.45) is 10.6. The van der Waals surface area contributed by atoms with E-state index in [9.17, 15) is 4.79 Å². The van der Waals surface area contributed by atoms with Crippen LogP contribution in [0.5, 0.6) is 0 Å². The van der Waals surface area contributed by atoms with Gasteiger partial charge >= 0.3 is 5.97 Å². The third kappa shape index (κ3) is 9.60. The molecular weight excluding hydrogens is 279 g/mol. The van der Waals surface area contributed by atoms with Crippen molar-refractivity contribution in [2.24, 2.45) is 0 Å². The fourth-order valence-corrected chi connectivity index (χ4v) is 1.27. The molecule has 74 valence electrons. The van der Waals surface area contributed by atoms with Crippen LogP contribution in [0.25, 0.3) is 0 Å². The number of ether oxygens (including phenoxy) is 1. The first kappa shape index (κ1) is 12.7. The predicted octanol–water partition coefficient (Wildman–Crippen LogP) is 2.88. The molecule has 0 saturated heterocycles. The summed E-state index contributed by atoms with van der Waals surface area (Å²) >= 11 is 2.37. The van der Waals surface area contributed by atoms with E-state index in [2.05, 4.69) is 33.4 Å². The van der Waals surface area contributed by atoms with E-state index >= 15 is 0 Å². The third-order valence-electron chi connectivity index (χ3n) is 1.44. The van der Waals surface area contributed by atoms with Crippen LogP contribution in [0.3, 0.4) is 0 Å². The highest BCUT2D eigenvalue weighted by Crippen LogP contribution is 1.99. The Labute approximate surface area is 93.2 Å². The number of hydrogen-bond acceptors (Lipinski definition) is 2. The van der Waals surface area contributed by atoms with Gasteiger partial charge in [0, 0.05) is 6.08 Å². The molecule has 0 heterocycles. The van der Waals surface area contributed by atoms with Gasteiger partial charge in [0.05, 0.1) is 7.11 Å². The lowest BCUT2D eigenvalue weighted by Gasteiger charge is -1.89. The Kier molecular flexibility index (Phi) is 9.53. The van der Waals surface area contributed by atoms with E-state index in [1.54, 1.807) is 6.08 Å². The van der Waals surface area contributed by atoms with Crippen molar-refractivity contribution in [3.05, 3.63) is 24.3 Å². The van der Waals surface area contributed by atoms with Gasteiger partial charge in [-0.05, 0) is 23.7 Å². The Morgan fingerprint density at radius 1 is 1.38 bits per heavy atom. The first-order valence-electron chi connectivity index (χ1n) is 4.28. The van der Waals surface area contributed by atoms with Crippen molar-refractivity contribution < 1.29 is 9.53 Å². The molecule has 0 N–H and O–H groups in total. The van der Waals surface area contributed by atoms with Crippen LogP contribution >= 0.6 is 22.6 Å². The maximum atomic E-state index is 10.6. The highest BCUT2D eigenvalue weighted by atomic mass is 127. The number of unbranched alkanes of at least 4 members (excludes halogenated alkanes) is 2. The predicted molar refractivity (Wildman–Crippen MR) is 63.0 cm³/mol. The number of alkyl halides is 1. The molecule has 0 spiro atoms. The molecule has 0 aliphatic heterocycles. The van der Waals surface area contributed by atoms with Crippen LogP contribution in [-0.2, 0) is 9.53 Å². The fourth-order valence-electron chi connectivity index (χ4n) is 0.734. The average molecular weight is 294 g/mol. The summed E-state index contributed by atoms with van der Waals surface area (Å²) in [5.74, 6) is -0.308. The molecule has 13 heavy (non-hydrogen) atoms. The molecule has 0 atom stereocenters. The number of methoxy groups -OCH3 is 1. The SMILES string of the molecule is COC(=O)/C=C/C=C/CCCCI. The van der Waals surface area contributed by atoms with Crippen molar-refractivity contribution in [2.75, 3.05) is 11.5 Å². The zero-order valence-electron chi connectivity index (χ0n) is 7.83. The quantitative estimate of drug-likeness (QED) is 0.188. The van der Waals surface area contributed by atoms with Crippen LogP contribution in [0.15, 0.2) is 24.3 Å². The maximum absolute atomic E-state index is 10.6. The highest BCUT2D eigenvalue weighted by molar-refractivity contribution is 14.1. The molecule has 0 unspecified atom stereocenters. The van der Waals surface area contributed by atoms with Gasteiger partial charge in [-0.1, -0.05) is 40.8 Å². The number of carbonyl (C=O) groups excluding carboxylic acids is 1. The molecule has 0 aliphatic carbocycles. The molecule has 0 saturated carbocycles. The van der Waals surface area contributed by atoms with Gasteiger partial charge in [0.25, 0.3) is 0 Å². The van der Waals surface area contributed by atoms with E-state index < -0.39 is 0 Å². The van der Waals surface area contributed by atoms with Gasteiger partial charge in [-0.25, -0.2) is 4.79 Å². The second kappa shape index (κ2) is 9.77. The molecule has 0 rings (SSSR count). The lowest BCUT2D eigenvalue weighted by atomic mass is 10.2. The summed E-state index contributed by atoms with van der Waals surface area (Å²) in [5.41, 5.74) is 0. The van der Waals surface area contributed by atoms with Crippen molar-refractivity contribution in [3.8, 4) is 0 Å². The van der Waals surface area contributed by atoms with E-state index in [0.717, 1.165) is 6.42 Å². The largest absolute Gasteiger partial charge is 0.466 e. The molecule has 0 aromatic heterocycles. The summed E-state index contributed by atoms with van der Waals surface area (Å²) in [6.45, 7) is 0. The van der Waals surface area contributed by atoms with Crippen LogP contribution < -0.4 is 0 Å². The standard InChI is InChI=1S/C10H15IO2/c1-13-10(12)8-6-4-2-3-5-7-9-11/h2,4,6,8H,3,5,7,9H2,1H3/b4-2+,8-6+. The number of carbonyl (C=O) groups is 1. The molecule has 0 amide bonds. The maximum Gasteiger partial charge on any atom is 0.330 e. The zero-order valence-corrected chi connectivity index (χ0v) is 9.99. The molecule has 0 aromatic rings. The zero-order chi connectivity index (χ0) is 9.94. The fraction of sp³-hybridized carbons (Fsp3) is 0.500. The lowest BCUT2D eigenvalue weighted by Crippen LogP contribution is -1.92. The average Bonchev–Trinajstić information content (AvgIpc) is 2.16. The minimum Gasteiger partial charge on any atom is -0.466 e. The van der Waals surface area contributed by atoms with Crippen LogP contribution in [0, 0.1) is 0 Å². The monoisotopic (exact) mass is 294 g/mol. The first-order chi connectivity index (χ1) is 6.31. The van der Waals surface area contributed by atoms with Crippen LogP contribution in [-0.4, -0.2) is 17.5 Å². The Hall–Kier alpha value is -0.320. The summed E-state index contributed by atoms with van der Waals surface area (Å²) in [6, 6.07) is 0. The van der Waals surface area contributed by atoms with Gasteiger partial charge in [0.1, 0.15) is 0 Å². The van der Waals surface area contributed by atoms with Crippen molar-refractivity contribution in [2.45, 2.75) is 19.3 Å². The Balaban J connectivity index is 3.40. The van der Waals surface area contributed by atoms with Crippen LogP contribution in [0.1, 0.15) is 19.3 Å². The van der Waals surface area contributed by atoms with Gasteiger partial charge in [-0.15, -0.1) is 0 Å². The molecule has 0 bridgehead atoms. The lowest BCUT2D eigenvalue weighted by molar-refractivity contribution is -0.134. The van der Waals surface area contributed by atoms with Gasteiger partial charge < -0.3 is 4.74 Å². The third-order valence-corrected chi connectivity index (χ3v) is 2.20. The smallest absolute Gasteiger partial charge is 0.330 e. The van der Waals surface area contributed by atoms with E-state index in [4.69, 9.17) is 0 Å². The molecule has 2 nitrogen and oxygen atoms in total. The van der Waals surface area contributed by atoms with E-state index in [1.165, 1.54) is 30.5 Å². The summed E-state index contributed by atoms with van der Waals surface area (Å²) < 4.78 is 5.65. The van der Waals surface area contributed by atoms with E-state index in [1.807, 2.05) is 6.08 Å². The number of hydrogen-bond donors (Lipinski definition) is 0. The summed E-state index contributed by atoms with van der Waals surface area (Å²) in [7, 11) is 1.37. The summed E-state index contributed by atoms with van der Waals surface area (Å²) in [4.78, 5) is 10.6. The minimum absolute atomic E-state index is 0.308. The van der Waals surface area contributed by atoms with Gasteiger partial charge in [-0.3, -0.25) is 0 Å². The number of esters is 1. The number of allylic oxidation sites excluding steroid dienone is 3. The Morgan fingerprint density at radius 3 is 2.77 bits per heavy atom. The summed E-state index contributed by atoms with van der Waals surface area (Å²) in [5, 5.41) is 0. The van der Waals surface area contributed by atoms with Crippen molar-refractivity contribution in [3.63, 3.8) is 0 Å². The molecule has 0 aromatic carbocycles. The van der Waals surface area contributed by atoms with E-state index in [0.29, 0.717) is 0 Å². The normalized spacial score (nSPS) is 11.2. The van der Waals surface area contributed by atoms with Crippen molar-refractivity contribution in [1.82, 2.24) is 0 Å². The van der Waals surface area contributed by atoms with Crippen molar-refractivity contribution >= 4 is 28.6 Å². The second-order valence-corrected chi connectivity index (χ2v) is 3.57. The second-order valence-electron chi connectivity index (χ2n) is 2.50. The van der Waals surface area contributed by atoms with Crippen LogP contribution in [0.4, 0.5) is 0 Å². The topological polar surface area (TPSA) is 26.3 Å². The van der Waals surface area contributed by atoms with Gasteiger partial charge in [-0.2, -0.15) is 0 Å². The van der Waals surface area contributed by atoms with Crippen LogP contribution in [0.2, 0.25) is 0 Å².